The van der Waals surface area contributed by atoms with E-state index in [1.54, 1.807) is 0 Å². The van der Waals surface area contributed by atoms with Gasteiger partial charge in [0.25, 0.3) is 0 Å². The zero-order valence-electron chi connectivity index (χ0n) is 13.5. The fourth-order valence-electron chi connectivity index (χ4n) is 2.14. The molecule has 0 heterocycles. The fourth-order valence-corrected chi connectivity index (χ4v) is 2.14. The molecule has 21 heavy (non-hydrogen) atoms. The van der Waals surface area contributed by atoms with Crippen molar-refractivity contribution >= 4 is 17.7 Å². The molecular weight excluding hydrogens is 270 g/mol. The van der Waals surface area contributed by atoms with Gasteiger partial charge in [-0.25, -0.2) is 19.4 Å². The second kappa shape index (κ2) is 6.61. The van der Waals surface area contributed by atoms with Crippen LogP contribution in [0.2, 0.25) is 0 Å². The summed E-state index contributed by atoms with van der Waals surface area (Å²) < 4.78 is 0. The quantitative estimate of drug-likeness (QED) is 0.616. The zero-order valence-corrected chi connectivity index (χ0v) is 13.5. The van der Waals surface area contributed by atoms with Crippen molar-refractivity contribution in [3.8, 4) is 0 Å². The normalized spacial score (nSPS) is 11.0. The summed E-state index contributed by atoms with van der Waals surface area (Å²) in [5.41, 5.74) is 2.66. The standard InChI is InChI=1S/C16H23NO4/c1-7-17(15(19)21-20-12(3)18)14-11(2)9-8-10-13(14)16(4,5)6/h8-10H,7H2,1-6H3. The van der Waals surface area contributed by atoms with Crippen LogP contribution in [0.1, 0.15) is 45.7 Å². The first-order valence-corrected chi connectivity index (χ1v) is 6.95. The Hall–Kier alpha value is -2.04. The minimum absolute atomic E-state index is 0.128. The Morgan fingerprint density at radius 2 is 1.81 bits per heavy atom. The average molecular weight is 293 g/mol. The van der Waals surface area contributed by atoms with E-state index in [0.717, 1.165) is 16.8 Å². The number of anilines is 1. The molecule has 1 amide bonds. The van der Waals surface area contributed by atoms with Crippen molar-refractivity contribution < 1.29 is 19.4 Å². The smallest absolute Gasteiger partial charge is 0.275 e. The van der Waals surface area contributed by atoms with Crippen LogP contribution in [0.4, 0.5) is 10.5 Å². The van der Waals surface area contributed by atoms with E-state index in [1.807, 2.05) is 32.0 Å². The van der Waals surface area contributed by atoms with Gasteiger partial charge in [-0.1, -0.05) is 39.0 Å². The Bertz CT molecular complexity index is 532. The molecule has 5 nitrogen and oxygen atoms in total. The Morgan fingerprint density at radius 3 is 2.29 bits per heavy atom. The summed E-state index contributed by atoms with van der Waals surface area (Å²) in [7, 11) is 0. The molecule has 0 radical (unpaired) electrons. The van der Waals surface area contributed by atoms with Crippen molar-refractivity contribution in [3.63, 3.8) is 0 Å². The van der Waals surface area contributed by atoms with Crippen LogP contribution in [0.15, 0.2) is 18.2 Å². The Kier molecular flexibility index (Phi) is 5.35. The Balaban J connectivity index is 3.22. The van der Waals surface area contributed by atoms with Crippen LogP contribution in [-0.4, -0.2) is 18.6 Å². The molecule has 0 aliphatic rings. The Labute approximate surface area is 125 Å². The third-order valence-corrected chi connectivity index (χ3v) is 3.08. The van der Waals surface area contributed by atoms with Crippen molar-refractivity contribution in [2.45, 2.75) is 47.0 Å². The molecule has 1 rings (SSSR count). The van der Waals surface area contributed by atoms with Gasteiger partial charge in [0.05, 0.1) is 5.69 Å². The van der Waals surface area contributed by atoms with Crippen LogP contribution in [0.25, 0.3) is 0 Å². The number of aryl methyl sites for hydroxylation is 1. The molecule has 0 aromatic heterocycles. The maximum absolute atomic E-state index is 12.1. The maximum atomic E-state index is 12.1. The fraction of sp³-hybridized carbons (Fsp3) is 0.500. The van der Waals surface area contributed by atoms with Crippen LogP contribution in [-0.2, 0) is 20.0 Å². The zero-order chi connectivity index (χ0) is 16.2. The third kappa shape index (κ3) is 4.21. The predicted molar refractivity (Wildman–Crippen MR) is 81.1 cm³/mol. The summed E-state index contributed by atoms with van der Waals surface area (Å²) in [6, 6.07) is 5.89. The maximum Gasteiger partial charge on any atom is 0.457 e. The van der Waals surface area contributed by atoms with Gasteiger partial charge >= 0.3 is 12.1 Å². The highest BCUT2D eigenvalue weighted by molar-refractivity contribution is 5.90. The van der Waals surface area contributed by atoms with E-state index in [4.69, 9.17) is 0 Å². The monoisotopic (exact) mass is 293 g/mol. The van der Waals surface area contributed by atoms with Crippen molar-refractivity contribution in [1.29, 1.82) is 0 Å². The van der Waals surface area contributed by atoms with E-state index in [1.165, 1.54) is 11.8 Å². The number of amides is 1. The number of rotatable bonds is 2. The SMILES string of the molecule is CCN(C(=O)OOC(C)=O)c1c(C)cccc1C(C)(C)C. The molecular formula is C16H23NO4. The highest BCUT2D eigenvalue weighted by Crippen LogP contribution is 2.34. The molecule has 1 aromatic rings. The molecule has 0 bridgehead atoms. The van der Waals surface area contributed by atoms with Crippen molar-refractivity contribution in [2.75, 3.05) is 11.4 Å². The lowest BCUT2D eigenvalue weighted by Gasteiger charge is -2.29. The van der Waals surface area contributed by atoms with Gasteiger partial charge in [0.2, 0.25) is 0 Å². The highest BCUT2D eigenvalue weighted by atomic mass is 17.2. The summed E-state index contributed by atoms with van der Waals surface area (Å²) >= 11 is 0. The minimum atomic E-state index is -0.701. The Morgan fingerprint density at radius 1 is 1.19 bits per heavy atom. The van der Waals surface area contributed by atoms with Crippen LogP contribution in [0, 0.1) is 6.92 Å². The predicted octanol–water partition coefficient (Wildman–Crippen LogP) is 3.73. The van der Waals surface area contributed by atoms with Gasteiger partial charge in [-0.15, -0.1) is 0 Å². The van der Waals surface area contributed by atoms with E-state index in [9.17, 15) is 9.59 Å². The lowest BCUT2D eigenvalue weighted by molar-refractivity contribution is -0.228. The van der Waals surface area contributed by atoms with Crippen LogP contribution in [0.5, 0.6) is 0 Å². The number of hydrogen-bond acceptors (Lipinski definition) is 4. The lowest BCUT2D eigenvalue weighted by atomic mass is 9.84. The number of nitrogens with zero attached hydrogens (tertiary/aromatic N) is 1. The first kappa shape index (κ1) is 17.0. The molecule has 1 aromatic carbocycles. The second-order valence-corrected chi connectivity index (χ2v) is 5.89. The summed E-state index contributed by atoms with van der Waals surface area (Å²) in [4.78, 5) is 33.3. The number of carbonyl (C=O) groups excluding carboxylic acids is 2. The molecule has 0 spiro atoms. The first-order chi connectivity index (χ1) is 9.68. The van der Waals surface area contributed by atoms with Crippen LogP contribution >= 0.6 is 0 Å². The summed E-state index contributed by atoms with van der Waals surface area (Å²) in [6.07, 6.45) is -0.701. The topological polar surface area (TPSA) is 55.8 Å². The van der Waals surface area contributed by atoms with Crippen molar-refractivity contribution in [1.82, 2.24) is 0 Å². The van der Waals surface area contributed by atoms with Gasteiger partial charge in [-0.05, 0) is 30.4 Å². The van der Waals surface area contributed by atoms with Crippen LogP contribution < -0.4 is 4.90 Å². The van der Waals surface area contributed by atoms with Crippen molar-refractivity contribution in [2.24, 2.45) is 0 Å². The van der Waals surface area contributed by atoms with E-state index in [0.29, 0.717) is 6.54 Å². The van der Waals surface area contributed by atoms with Gasteiger partial charge in [-0.3, -0.25) is 4.90 Å². The molecule has 0 atom stereocenters. The molecule has 0 saturated carbocycles. The minimum Gasteiger partial charge on any atom is -0.275 e. The van der Waals surface area contributed by atoms with Gasteiger partial charge in [0.15, 0.2) is 0 Å². The molecule has 5 heteroatoms. The van der Waals surface area contributed by atoms with E-state index < -0.39 is 12.1 Å². The summed E-state index contributed by atoms with van der Waals surface area (Å²) in [5, 5.41) is 0. The van der Waals surface area contributed by atoms with Gasteiger partial charge in [-0.2, -0.15) is 0 Å². The number of para-hydroxylation sites is 1. The van der Waals surface area contributed by atoms with E-state index in [2.05, 4.69) is 30.5 Å². The summed E-state index contributed by atoms with van der Waals surface area (Å²) in [5.74, 6) is -0.666. The van der Waals surface area contributed by atoms with Gasteiger partial charge in [0, 0.05) is 13.5 Å². The molecule has 116 valence electrons. The molecule has 0 aliphatic heterocycles. The van der Waals surface area contributed by atoms with E-state index >= 15 is 0 Å². The molecule has 0 fully saturated rings. The molecule has 0 N–H and O–H groups in total. The highest BCUT2D eigenvalue weighted by Gasteiger charge is 2.27. The van der Waals surface area contributed by atoms with Crippen LogP contribution in [0.3, 0.4) is 0 Å². The largest absolute Gasteiger partial charge is 0.457 e. The van der Waals surface area contributed by atoms with Gasteiger partial charge in [0.1, 0.15) is 0 Å². The van der Waals surface area contributed by atoms with Gasteiger partial charge < -0.3 is 0 Å². The second-order valence-electron chi connectivity index (χ2n) is 5.89. The van der Waals surface area contributed by atoms with E-state index in [-0.39, 0.29) is 5.41 Å². The van der Waals surface area contributed by atoms with Crippen molar-refractivity contribution in [3.05, 3.63) is 29.3 Å². The number of benzene rings is 1. The summed E-state index contributed by atoms with van der Waals surface area (Å²) in [6.45, 7) is 11.6. The molecule has 0 aliphatic carbocycles. The molecule has 0 saturated heterocycles. The molecule has 0 unspecified atom stereocenters. The first-order valence-electron chi connectivity index (χ1n) is 6.95. The third-order valence-electron chi connectivity index (χ3n) is 3.08. The average Bonchev–Trinajstić information content (AvgIpc) is 2.37. The number of hydrogen-bond donors (Lipinski definition) is 0. The lowest BCUT2D eigenvalue weighted by Crippen LogP contribution is -2.34. The number of carbonyl (C=O) groups is 2.